The van der Waals surface area contributed by atoms with Crippen LogP contribution in [-0.2, 0) is 13.1 Å². The summed E-state index contributed by atoms with van der Waals surface area (Å²) in [7, 11) is 3.41. The molecule has 0 heterocycles. The lowest BCUT2D eigenvalue weighted by molar-refractivity contribution is -0.686. The molecule has 0 saturated heterocycles. The lowest BCUT2D eigenvalue weighted by Crippen LogP contribution is -2.80. The molecule has 112 valence electrons. The fourth-order valence-electron chi connectivity index (χ4n) is 2.45. The van der Waals surface area contributed by atoms with E-state index in [1.54, 1.807) is 14.2 Å². The van der Waals surface area contributed by atoms with Crippen LogP contribution >= 0.6 is 0 Å². The first-order valence-corrected chi connectivity index (χ1v) is 7.22. The fraction of sp³-hybridized carbons (Fsp3) is 0.333. The van der Waals surface area contributed by atoms with Gasteiger partial charge >= 0.3 is 0 Å². The van der Waals surface area contributed by atoms with Crippen molar-refractivity contribution in [1.82, 2.24) is 0 Å². The number of benzene rings is 2. The molecule has 0 saturated carbocycles. The van der Waals surface area contributed by atoms with E-state index in [0.29, 0.717) is 0 Å². The summed E-state index contributed by atoms with van der Waals surface area (Å²) in [4.78, 5) is 0. The zero-order valence-corrected chi connectivity index (χ0v) is 13.3. The highest BCUT2D eigenvalue weighted by atomic mass is 16.5. The average Bonchev–Trinajstić information content (AvgIpc) is 2.51. The number of nitrogens with two attached hydrogens (primary N) is 1. The van der Waals surface area contributed by atoms with E-state index >= 15 is 0 Å². The topological polar surface area (TPSA) is 35.1 Å². The second-order valence-electron chi connectivity index (χ2n) is 5.29. The van der Waals surface area contributed by atoms with Gasteiger partial charge in [0.2, 0.25) is 0 Å². The molecule has 0 spiro atoms. The molecule has 0 aliphatic carbocycles. The van der Waals surface area contributed by atoms with Crippen LogP contribution in [0.5, 0.6) is 11.5 Å². The van der Waals surface area contributed by atoms with Crippen LogP contribution in [0.4, 0.5) is 0 Å². The number of methoxy groups -OCH3 is 2. The Kier molecular flexibility index (Phi) is 5.23. The lowest BCUT2D eigenvalue weighted by Gasteiger charge is -2.10. The summed E-state index contributed by atoms with van der Waals surface area (Å²) in [5, 5.41) is 2.32. The minimum atomic E-state index is 0.903. The Morgan fingerprint density at radius 2 is 1.57 bits per heavy atom. The van der Waals surface area contributed by atoms with Crippen LogP contribution < -0.4 is 14.8 Å². The highest BCUT2D eigenvalue weighted by Gasteiger charge is 2.06. The predicted octanol–water partition coefficient (Wildman–Crippen LogP) is 2.58. The van der Waals surface area contributed by atoms with Crippen molar-refractivity contribution < 1.29 is 14.8 Å². The zero-order valence-electron chi connectivity index (χ0n) is 13.3. The number of ether oxygens (including phenoxy) is 2. The minimum absolute atomic E-state index is 0.903. The number of rotatable bonds is 6. The second kappa shape index (κ2) is 7.14. The molecule has 2 aromatic rings. The molecule has 0 amide bonds. The van der Waals surface area contributed by atoms with Gasteiger partial charge in [0.25, 0.3) is 0 Å². The Labute approximate surface area is 126 Å². The highest BCUT2D eigenvalue weighted by molar-refractivity contribution is 5.41. The van der Waals surface area contributed by atoms with Crippen LogP contribution in [-0.4, -0.2) is 14.2 Å². The van der Waals surface area contributed by atoms with Crippen LogP contribution in [0.1, 0.15) is 22.3 Å². The maximum absolute atomic E-state index is 5.35. The van der Waals surface area contributed by atoms with Gasteiger partial charge in [-0.2, -0.15) is 0 Å². The minimum Gasteiger partial charge on any atom is -0.497 e. The third-order valence-corrected chi connectivity index (χ3v) is 3.76. The Hall–Kier alpha value is -2.00. The number of hydrogen-bond acceptors (Lipinski definition) is 2. The van der Waals surface area contributed by atoms with Gasteiger partial charge in [-0.25, -0.2) is 0 Å². The molecule has 0 aliphatic rings. The molecule has 3 heteroatoms. The third kappa shape index (κ3) is 3.99. The smallest absolute Gasteiger partial charge is 0.122 e. The Morgan fingerprint density at radius 1 is 0.857 bits per heavy atom. The van der Waals surface area contributed by atoms with Crippen molar-refractivity contribution in [1.29, 1.82) is 0 Å². The van der Waals surface area contributed by atoms with Gasteiger partial charge in [-0.05, 0) is 61.4 Å². The van der Waals surface area contributed by atoms with Gasteiger partial charge in [-0.3, -0.25) is 0 Å². The van der Waals surface area contributed by atoms with E-state index in [0.717, 1.165) is 24.6 Å². The lowest BCUT2D eigenvalue weighted by atomic mass is 10.0. The summed E-state index contributed by atoms with van der Waals surface area (Å²) in [6, 6.07) is 12.6. The molecule has 2 N–H and O–H groups in total. The number of aryl methyl sites for hydroxylation is 2. The summed E-state index contributed by atoms with van der Waals surface area (Å²) < 4.78 is 10.5. The van der Waals surface area contributed by atoms with Crippen LogP contribution in [0, 0.1) is 13.8 Å². The molecule has 0 aliphatic heterocycles. The SMILES string of the molecule is COc1ccc(C[NH2+]Cc2cc(C)c(OC)cc2C)cc1. The average molecular weight is 286 g/mol. The molecule has 2 rings (SSSR count). The number of hydrogen-bond donors (Lipinski definition) is 1. The van der Waals surface area contributed by atoms with Crippen LogP contribution in [0.2, 0.25) is 0 Å². The van der Waals surface area contributed by atoms with Crippen LogP contribution in [0.3, 0.4) is 0 Å². The molecule has 0 aromatic heterocycles. The Balaban J connectivity index is 1.95. The number of quaternary nitrogens is 1. The van der Waals surface area contributed by atoms with Crippen LogP contribution in [0.25, 0.3) is 0 Å². The molecule has 2 aromatic carbocycles. The van der Waals surface area contributed by atoms with E-state index in [9.17, 15) is 0 Å². The summed E-state index contributed by atoms with van der Waals surface area (Å²) >= 11 is 0. The van der Waals surface area contributed by atoms with E-state index in [1.807, 2.05) is 12.1 Å². The van der Waals surface area contributed by atoms with Crippen molar-refractivity contribution in [3.05, 3.63) is 58.7 Å². The van der Waals surface area contributed by atoms with Crippen molar-refractivity contribution in [2.75, 3.05) is 14.2 Å². The van der Waals surface area contributed by atoms with Crippen LogP contribution in [0.15, 0.2) is 36.4 Å². The second-order valence-corrected chi connectivity index (χ2v) is 5.29. The van der Waals surface area contributed by atoms with E-state index < -0.39 is 0 Å². The van der Waals surface area contributed by atoms with Gasteiger partial charge in [0, 0.05) is 11.1 Å². The molecule has 21 heavy (non-hydrogen) atoms. The largest absolute Gasteiger partial charge is 0.497 e. The van der Waals surface area contributed by atoms with Crippen molar-refractivity contribution in [2.45, 2.75) is 26.9 Å². The summed E-state index contributed by atoms with van der Waals surface area (Å²) in [6.45, 7) is 6.17. The first-order chi connectivity index (χ1) is 10.1. The van der Waals surface area contributed by atoms with Crippen molar-refractivity contribution >= 4 is 0 Å². The zero-order chi connectivity index (χ0) is 15.2. The van der Waals surface area contributed by atoms with Crippen molar-refractivity contribution in [3.63, 3.8) is 0 Å². The van der Waals surface area contributed by atoms with Gasteiger partial charge in [0.15, 0.2) is 0 Å². The van der Waals surface area contributed by atoms with E-state index in [4.69, 9.17) is 9.47 Å². The maximum atomic E-state index is 5.35. The van der Waals surface area contributed by atoms with Gasteiger partial charge < -0.3 is 14.8 Å². The molecule has 0 fully saturated rings. The van der Waals surface area contributed by atoms with E-state index in [1.165, 1.54) is 22.3 Å². The summed E-state index contributed by atoms with van der Waals surface area (Å²) in [6.07, 6.45) is 0. The summed E-state index contributed by atoms with van der Waals surface area (Å²) in [5.41, 5.74) is 5.14. The van der Waals surface area contributed by atoms with Crippen molar-refractivity contribution in [2.24, 2.45) is 0 Å². The van der Waals surface area contributed by atoms with Gasteiger partial charge in [0.1, 0.15) is 24.6 Å². The molecular formula is C18H24NO2+. The van der Waals surface area contributed by atoms with E-state index in [2.05, 4.69) is 43.4 Å². The van der Waals surface area contributed by atoms with Crippen molar-refractivity contribution in [3.8, 4) is 11.5 Å². The van der Waals surface area contributed by atoms with Gasteiger partial charge in [-0.1, -0.05) is 0 Å². The third-order valence-electron chi connectivity index (χ3n) is 3.76. The normalized spacial score (nSPS) is 10.5. The van der Waals surface area contributed by atoms with Gasteiger partial charge in [-0.15, -0.1) is 0 Å². The fourth-order valence-corrected chi connectivity index (χ4v) is 2.45. The molecule has 0 radical (unpaired) electrons. The first kappa shape index (κ1) is 15.4. The Bertz CT molecular complexity index is 591. The Morgan fingerprint density at radius 3 is 2.19 bits per heavy atom. The quantitative estimate of drug-likeness (QED) is 0.886. The molecule has 3 nitrogen and oxygen atoms in total. The molecule has 0 atom stereocenters. The van der Waals surface area contributed by atoms with E-state index in [-0.39, 0.29) is 0 Å². The summed E-state index contributed by atoms with van der Waals surface area (Å²) in [5.74, 6) is 1.87. The monoisotopic (exact) mass is 286 g/mol. The first-order valence-electron chi connectivity index (χ1n) is 7.22. The molecular weight excluding hydrogens is 262 g/mol. The highest BCUT2D eigenvalue weighted by Crippen LogP contribution is 2.21. The standard InChI is InChI=1S/C18H23NO2/c1-13-10-18(21-4)14(2)9-16(13)12-19-11-15-5-7-17(20-3)8-6-15/h5-10,19H,11-12H2,1-4H3/p+1. The molecule has 0 bridgehead atoms. The van der Waals surface area contributed by atoms with Gasteiger partial charge in [0.05, 0.1) is 14.2 Å². The molecule has 0 unspecified atom stereocenters. The maximum Gasteiger partial charge on any atom is 0.122 e. The predicted molar refractivity (Wildman–Crippen MR) is 84.8 cm³/mol.